The van der Waals surface area contributed by atoms with Gasteiger partial charge in [-0.1, -0.05) is 0 Å². The van der Waals surface area contributed by atoms with Crippen molar-refractivity contribution in [3.8, 4) is 0 Å². The summed E-state index contributed by atoms with van der Waals surface area (Å²) in [6.07, 6.45) is 6.01. The molecule has 0 amide bonds. The predicted octanol–water partition coefficient (Wildman–Crippen LogP) is 3.24. The van der Waals surface area contributed by atoms with E-state index in [4.69, 9.17) is 0 Å². The Labute approximate surface area is 129 Å². The van der Waals surface area contributed by atoms with Crippen LogP contribution in [0.4, 0.5) is 0 Å². The molecule has 0 aliphatic rings. The molecular formula is C18H25NSe. The molecule has 0 bridgehead atoms. The first kappa shape index (κ1) is 15.4. The van der Waals surface area contributed by atoms with Crippen LogP contribution in [-0.2, 0) is 12.0 Å². The van der Waals surface area contributed by atoms with Gasteiger partial charge in [-0.05, 0) is 0 Å². The predicted molar refractivity (Wildman–Crippen MR) is 89.5 cm³/mol. The molecule has 0 spiro atoms. The second-order valence-electron chi connectivity index (χ2n) is 6.19. The van der Waals surface area contributed by atoms with Crippen LogP contribution in [0, 0.1) is 0 Å². The van der Waals surface area contributed by atoms with Gasteiger partial charge in [-0.15, -0.1) is 0 Å². The summed E-state index contributed by atoms with van der Waals surface area (Å²) in [7, 11) is 0. The molecule has 1 heterocycles. The molecule has 0 N–H and O–H groups in total. The Hall–Kier alpha value is -0.981. The molecule has 0 atom stereocenters. The van der Waals surface area contributed by atoms with Crippen LogP contribution in [0.25, 0.3) is 0 Å². The van der Waals surface area contributed by atoms with Crippen molar-refractivity contribution in [2.75, 3.05) is 0 Å². The van der Waals surface area contributed by atoms with Gasteiger partial charge in [0.2, 0.25) is 0 Å². The third-order valence-electron chi connectivity index (χ3n) is 3.41. The van der Waals surface area contributed by atoms with E-state index in [-0.39, 0.29) is 5.54 Å². The fourth-order valence-corrected chi connectivity index (χ4v) is 4.46. The molecule has 0 saturated carbocycles. The third-order valence-corrected chi connectivity index (χ3v) is 5.72. The van der Waals surface area contributed by atoms with Crippen LogP contribution >= 0.6 is 0 Å². The van der Waals surface area contributed by atoms with E-state index < -0.39 is 0 Å². The first-order valence-corrected chi connectivity index (χ1v) is 9.17. The molecule has 0 aliphatic heterocycles. The van der Waals surface area contributed by atoms with Crippen molar-refractivity contribution in [2.45, 2.75) is 52.5 Å². The standard InChI is InChI=1S/C18H25NSe/c1-5-6-12-16-17(13-14-19(16)18(2,3)4)20-15-10-8-7-9-11-15/h7-11,13-14H,5-6,12H2,1-4H3. The molecule has 2 rings (SSSR count). The van der Waals surface area contributed by atoms with Crippen LogP contribution in [0.5, 0.6) is 0 Å². The molecule has 2 heteroatoms. The number of aromatic nitrogens is 1. The van der Waals surface area contributed by atoms with Crippen LogP contribution in [0.3, 0.4) is 0 Å². The Bertz CT molecular complexity index is 534. The van der Waals surface area contributed by atoms with Crippen molar-refractivity contribution in [1.29, 1.82) is 0 Å². The Balaban J connectivity index is 2.30. The second-order valence-corrected chi connectivity index (χ2v) is 8.53. The summed E-state index contributed by atoms with van der Waals surface area (Å²) >= 11 is 0.417. The first-order valence-electron chi connectivity index (χ1n) is 7.46. The molecule has 20 heavy (non-hydrogen) atoms. The number of benzene rings is 1. The Morgan fingerprint density at radius 1 is 1.05 bits per heavy atom. The number of unbranched alkanes of at least 4 members (excludes halogenated alkanes) is 1. The number of hydrogen-bond acceptors (Lipinski definition) is 0. The summed E-state index contributed by atoms with van der Waals surface area (Å²) in [5.74, 6) is 0. The summed E-state index contributed by atoms with van der Waals surface area (Å²) in [6, 6.07) is 13.2. The van der Waals surface area contributed by atoms with Gasteiger partial charge in [0.1, 0.15) is 0 Å². The minimum absolute atomic E-state index is 0.175. The van der Waals surface area contributed by atoms with Crippen LogP contribution in [0.2, 0.25) is 0 Å². The zero-order valence-electron chi connectivity index (χ0n) is 13.0. The van der Waals surface area contributed by atoms with Gasteiger partial charge in [-0.2, -0.15) is 0 Å². The molecule has 1 aromatic carbocycles. The molecule has 108 valence electrons. The maximum atomic E-state index is 2.47. The maximum absolute atomic E-state index is 2.47. The van der Waals surface area contributed by atoms with Gasteiger partial charge in [0.25, 0.3) is 0 Å². The van der Waals surface area contributed by atoms with Crippen LogP contribution in [0.15, 0.2) is 42.6 Å². The molecule has 0 unspecified atom stereocenters. The SMILES string of the molecule is CCCCc1c([Se]c2ccccc2)ccn1C(C)(C)C. The molecule has 0 aliphatic carbocycles. The van der Waals surface area contributed by atoms with Crippen LogP contribution in [-0.4, -0.2) is 19.5 Å². The van der Waals surface area contributed by atoms with E-state index in [1.165, 1.54) is 23.7 Å². The molecule has 0 fully saturated rings. The van der Waals surface area contributed by atoms with Crippen molar-refractivity contribution in [3.05, 3.63) is 48.3 Å². The van der Waals surface area contributed by atoms with E-state index in [1.807, 2.05) is 0 Å². The summed E-state index contributed by atoms with van der Waals surface area (Å²) in [4.78, 5) is 0. The molecular weight excluding hydrogens is 309 g/mol. The summed E-state index contributed by atoms with van der Waals surface area (Å²) in [5.41, 5.74) is 1.72. The summed E-state index contributed by atoms with van der Waals surface area (Å²) < 4.78 is 5.49. The van der Waals surface area contributed by atoms with Gasteiger partial charge in [-0.3, -0.25) is 0 Å². The zero-order chi connectivity index (χ0) is 14.6. The van der Waals surface area contributed by atoms with E-state index in [1.54, 1.807) is 10.2 Å². The van der Waals surface area contributed by atoms with E-state index in [0.717, 1.165) is 0 Å². The monoisotopic (exact) mass is 335 g/mol. The molecule has 1 nitrogen and oxygen atoms in total. The average molecular weight is 334 g/mol. The normalized spacial score (nSPS) is 11.8. The number of rotatable bonds is 5. The quantitative estimate of drug-likeness (QED) is 0.740. The molecule has 0 radical (unpaired) electrons. The first-order chi connectivity index (χ1) is 9.52. The Kier molecular flexibility index (Phi) is 5.12. The van der Waals surface area contributed by atoms with E-state index in [9.17, 15) is 0 Å². The Morgan fingerprint density at radius 3 is 2.35 bits per heavy atom. The third kappa shape index (κ3) is 3.77. The van der Waals surface area contributed by atoms with Crippen molar-refractivity contribution in [1.82, 2.24) is 4.57 Å². The van der Waals surface area contributed by atoms with Gasteiger partial charge in [0, 0.05) is 0 Å². The van der Waals surface area contributed by atoms with Gasteiger partial charge in [-0.25, -0.2) is 0 Å². The molecule has 1 aromatic heterocycles. The van der Waals surface area contributed by atoms with Crippen molar-refractivity contribution >= 4 is 23.9 Å². The van der Waals surface area contributed by atoms with E-state index in [0.29, 0.717) is 15.0 Å². The van der Waals surface area contributed by atoms with Crippen molar-refractivity contribution < 1.29 is 0 Å². The summed E-state index contributed by atoms with van der Waals surface area (Å²) in [5, 5.41) is 0. The number of nitrogens with zero attached hydrogens (tertiary/aromatic N) is 1. The van der Waals surface area contributed by atoms with Gasteiger partial charge < -0.3 is 0 Å². The van der Waals surface area contributed by atoms with Crippen LogP contribution < -0.4 is 8.92 Å². The van der Waals surface area contributed by atoms with E-state index >= 15 is 0 Å². The molecule has 2 aromatic rings. The van der Waals surface area contributed by atoms with Crippen molar-refractivity contribution in [3.63, 3.8) is 0 Å². The fourth-order valence-electron chi connectivity index (χ4n) is 2.37. The van der Waals surface area contributed by atoms with Crippen molar-refractivity contribution in [2.24, 2.45) is 0 Å². The van der Waals surface area contributed by atoms with Gasteiger partial charge in [0.05, 0.1) is 0 Å². The fraction of sp³-hybridized carbons (Fsp3) is 0.444. The Morgan fingerprint density at radius 2 is 1.75 bits per heavy atom. The van der Waals surface area contributed by atoms with E-state index in [2.05, 4.69) is 74.9 Å². The number of hydrogen-bond donors (Lipinski definition) is 0. The van der Waals surface area contributed by atoms with Gasteiger partial charge in [0.15, 0.2) is 0 Å². The average Bonchev–Trinajstić information content (AvgIpc) is 2.80. The second kappa shape index (κ2) is 6.65. The van der Waals surface area contributed by atoms with Crippen LogP contribution in [0.1, 0.15) is 46.2 Å². The summed E-state index contributed by atoms with van der Waals surface area (Å²) in [6.45, 7) is 9.15. The topological polar surface area (TPSA) is 4.93 Å². The zero-order valence-corrected chi connectivity index (χ0v) is 14.7. The molecule has 0 saturated heterocycles. The van der Waals surface area contributed by atoms with Gasteiger partial charge >= 0.3 is 129 Å². The minimum atomic E-state index is 0.175.